The Labute approximate surface area is 81.2 Å². The minimum atomic E-state index is 0.118. The van der Waals surface area contributed by atoms with Crippen LogP contribution in [0.4, 0.5) is 0 Å². The van der Waals surface area contributed by atoms with E-state index in [0.717, 1.165) is 0 Å². The smallest absolute Gasteiger partial charge is 0.122 e. The summed E-state index contributed by atoms with van der Waals surface area (Å²) in [5.74, 6) is 0.118. The van der Waals surface area contributed by atoms with Crippen LogP contribution in [0.2, 0.25) is 10.0 Å². The molecule has 0 radical (unpaired) electrons. The molecule has 0 atom stereocenters. The second kappa shape index (κ2) is 3.83. The van der Waals surface area contributed by atoms with E-state index >= 15 is 0 Å². The molecule has 0 spiro atoms. The van der Waals surface area contributed by atoms with Crippen molar-refractivity contribution in [1.82, 2.24) is 0 Å². The minimum absolute atomic E-state index is 0.118. The van der Waals surface area contributed by atoms with Crippen LogP contribution >= 0.6 is 23.2 Å². The van der Waals surface area contributed by atoms with Crippen molar-refractivity contribution >= 4 is 23.2 Å². The van der Waals surface area contributed by atoms with Crippen molar-refractivity contribution in [3.05, 3.63) is 40.4 Å². The van der Waals surface area contributed by atoms with Crippen molar-refractivity contribution < 1.29 is 5.11 Å². The Morgan fingerprint density at radius 1 is 1.42 bits per heavy atom. The number of hydrogen-bond donors (Lipinski definition) is 1. The van der Waals surface area contributed by atoms with Gasteiger partial charge in [-0.1, -0.05) is 29.3 Å². The molecule has 0 saturated heterocycles. The standard InChI is InChI=1S/C9H8Cl2O/c1-2-3-7-8(11)4-6(10)5-9(7)12/h2,4-5,12H,1,3H2. The van der Waals surface area contributed by atoms with E-state index in [0.29, 0.717) is 22.0 Å². The second-order valence-electron chi connectivity index (χ2n) is 2.38. The second-order valence-corrected chi connectivity index (χ2v) is 3.22. The van der Waals surface area contributed by atoms with E-state index in [9.17, 15) is 5.11 Å². The van der Waals surface area contributed by atoms with E-state index in [1.807, 2.05) is 0 Å². The molecule has 0 aromatic heterocycles. The molecule has 0 heterocycles. The average molecular weight is 203 g/mol. The molecule has 0 amide bonds. The number of phenolic OH excluding ortho intramolecular Hbond substituents is 1. The number of halogens is 2. The maximum Gasteiger partial charge on any atom is 0.122 e. The van der Waals surface area contributed by atoms with E-state index in [1.54, 1.807) is 12.1 Å². The summed E-state index contributed by atoms with van der Waals surface area (Å²) in [7, 11) is 0. The summed E-state index contributed by atoms with van der Waals surface area (Å²) in [6, 6.07) is 3.06. The Morgan fingerprint density at radius 3 is 2.58 bits per heavy atom. The summed E-state index contributed by atoms with van der Waals surface area (Å²) in [6.07, 6.45) is 2.22. The predicted octanol–water partition coefficient (Wildman–Crippen LogP) is 3.43. The van der Waals surface area contributed by atoms with Crippen LogP contribution in [0.15, 0.2) is 24.8 Å². The van der Waals surface area contributed by atoms with Crippen molar-refractivity contribution in [3.8, 4) is 5.75 Å². The maximum atomic E-state index is 9.39. The van der Waals surface area contributed by atoms with Gasteiger partial charge < -0.3 is 5.11 Å². The third-order valence-corrected chi connectivity index (χ3v) is 2.04. The number of phenols is 1. The Kier molecular flexibility index (Phi) is 3.01. The van der Waals surface area contributed by atoms with Gasteiger partial charge in [0.1, 0.15) is 5.75 Å². The lowest BCUT2D eigenvalue weighted by Crippen LogP contribution is -1.84. The van der Waals surface area contributed by atoms with Crippen LogP contribution in [0.1, 0.15) is 5.56 Å². The molecule has 1 aromatic carbocycles. The molecule has 0 aliphatic rings. The first-order chi connectivity index (χ1) is 5.65. The normalized spacial score (nSPS) is 9.83. The Hall–Kier alpha value is -0.660. The first-order valence-corrected chi connectivity index (χ1v) is 4.18. The lowest BCUT2D eigenvalue weighted by molar-refractivity contribution is 0.470. The Bertz CT molecular complexity index is 284. The van der Waals surface area contributed by atoms with Crippen LogP contribution in [0, 0.1) is 0 Å². The topological polar surface area (TPSA) is 20.2 Å². The van der Waals surface area contributed by atoms with Gasteiger partial charge in [0.15, 0.2) is 0 Å². The van der Waals surface area contributed by atoms with Gasteiger partial charge in [-0.15, -0.1) is 6.58 Å². The number of allylic oxidation sites excluding steroid dienone is 1. The summed E-state index contributed by atoms with van der Waals surface area (Å²) < 4.78 is 0. The van der Waals surface area contributed by atoms with Crippen LogP contribution in [0.5, 0.6) is 5.75 Å². The van der Waals surface area contributed by atoms with Gasteiger partial charge in [-0.3, -0.25) is 0 Å². The van der Waals surface area contributed by atoms with Crippen LogP contribution in [-0.4, -0.2) is 5.11 Å². The predicted molar refractivity (Wildman–Crippen MR) is 52.0 cm³/mol. The van der Waals surface area contributed by atoms with Gasteiger partial charge in [0.2, 0.25) is 0 Å². The molecule has 0 bridgehead atoms. The van der Waals surface area contributed by atoms with Crippen molar-refractivity contribution in [2.24, 2.45) is 0 Å². The lowest BCUT2D eigenvalue weighted by Gasteiger charge is -2.04. The van der Waals surface area contributed by atoms with Gasteiger partial charge in [-0.25, -0.2) is 0 Å². The Morgan fingerprint density at radius 2 is 2.08 bits per heavy atom. The fraction of sp³-hybridized carbons (Fsp3) is 0.111. The SMILES string of the molecule is C=CCc1c(O)cc(Cl)cc1Cl. The van der Waals surface area contributed by atoms with Crippen LogP contribution in [0.25, 0.3) is 0 Å². The highest BCUT2D eigenvalue weighted by Gasteiger charge is 2.05. The highest BCUT2D eigenvalue weighted by Crippen LogP contribution is 2.30. The molecule has 12 heavy (non-hydrogen) atoms. The van der Waals surface area contributed by atoms with Crippen molar-refractivity contribution in [3.63, 3.8) is 0 Å². The largest absolute Gasteiger partial charge is 0.508 e. The van der Waals surface area contributed by atoms with Gasteiger partial charge in [0.05, 0.1) is 0 Å². The van der Waals surface area contributed by atoms with E-state index < -0.39 is 0 Å². The highest BCUT2D eigenvalue weighted by molar-refractivity contribution is 6.35. The van der Waals surface area contributed by atoms with E-state index in [2.05, 4.69) is 6.58 Å². The molecule has 1 rings (SSSR count). The maximum absolute atomic E-state index is 9.39. The van der Waals surface area contributed by atoms with Crippen molar-refractivity contribution in [2.45, 2.75) is 6.42 Å². The van der Waals surface area contributed by atoms with Gasteiger partial charge in [0, 0.05) is 15.6 Å². The Balaban J connectivity index is 3.18. The summed E-state index contributed by atoms with van der Waals surface area (Å²) in [5, 5.41) is 10.3. The van der Waals surface area contributed by atoms with E-state index in [-0.39, 0.29) is 5.75 Å². The quantitative estimate of drug-likeness (QED) is 0.730. The van der Waals surface area contributed by atoms with E-state index in [4.69, 9.17) is 23.2 Å². The van der Waals surface area contributed by atoms with Crippen molar-refractivity contribution in [2.75, 3.05) is 0 Å². The molecule has 0 aliphatic heterocycles. The summed E-state index contributed by atoms with van der Waals surface area (Å²) in [4.78, 5) is 0. The molecule has 0 saturated carbocycles. The summed E-state index contributed by atoms with van der Waals surface area (Å²) >= 11 is 11.5. The minimum Gasteiger partial charge on any atom is -0.508 e. The number of hydrogen-bond acceptors (Lipinski definition) is 1. The zero-order valence-electron chi connectivity index (χ0n) is 6.35. The molecule has 0 fully saturated rings. The summed E-state index contributed by atoms with van der Waals surface area (Å²) in [6.45, 7) is 3.56. The third-order valence-electron chi connectivity index (χ3n) is 1.49. The molecule has 1 nitrogen and oxygen atoms in total. The molecule has 0 unspecified atom stereocenters. The van der Waals surface area contributed by atoms with E-state index in [1.165, 1.54) is 6.07 Å². The average Bonchev–Trinajstić information content (AvgIpc) is 1.96. The third kappa shape index (κ3) is 1.93. The molecule has 64 valence electrons. The van der Waals surface area contributed by atoms with Gasteiger partial charge in [-0.05, 0) is 18.6 Å². The fourth-order valence-electron chi connectivity index (χ4n) is 0.936. The lowest BCUT2D eigenvalue weighted by atomic mass is 10.1. The number of rotatable bonds is 2. The molecule has 1 N–H and O–H groups in total. The first-order valence-electron chi connectivity index (χ1n) is 3.43. The molecular formula is C9H8Cl2O. The number of benzene rings is 1. The van der Waals surface area contributed by atoms with Gasteiger partial charge in [-0.2, -0.15) is 0 Å². The zero-order valence-corrected chi connectivity index (χ0v) is 7.86. The molecule has 1 aromatic rings. The van der Waals surface area contributed by atoms with Crippen LogP contribution < -0.4 is 0 Å². The molecule has 0 aliphatic carbocycles. The summed E-state index contributed by atoms with van der Waals surface area (Å²) in [5.41, 5.74) is 0.663. The zero-order chi connectivity index (χ0) is 9.14. The first kappa shape index (κ1) is 9.43. The van der Waals surface area contributed by atoms with Crippen molar-refractivity contribution in [1.29, 1.82) is 0 Å². The highest BCUT2D eigenvalue weighted by atomic mass is 35.5. The number of aromatic hydroxyl groups is 1. The molecule has 3 heteroatoms. The monoisotopic (exact) mass is 202 g/mol. The van der Waals surface area contributed by atoms with Crippen LogP contribution in [0.3, 0.4) is 0 Å². The van der Waals surface area contributed by atoms with Gasteiger partial charge >= 0.3 is 0 Å². The van der Waals surface area contributed by atoms with Crippen LogP contribution in [-0.2, 0) is 6.42 Å². The molecular weight excluding hydrogens is 195 g/mol. The fourth-order valence-corrected chi connectivity index (χ4v) is 1.50. The van der Waals surface area contributed by atoms with Gasteiger partial charge in [0.25, 0.3) is 0 Å².